The third kappa shape index (κ3) is 6.79. The van der Waals surface area contributed by atoms with Crippen LogP contribution in [0.2, 0.25) is 0 Å². The largest absolute Gasteiger partial charge is 0.493 e. The number of methoxy groups -OCH3 is 1. The van der Waals surface area contributed by atoms with Crippen molar-refractivity contribution in [3.8, 4) is 5.75 Å². The van der Waals surface area contributed by atoms with Crippen molar-refractivity contribution in [1.82, 2.24) is 9.88 Å². The second kappa shape index (κ2) is 12.7. The number of carbonyl (C=O) groups is 1. The molecule has 0 aliphatic carbocycles. The van der Waals surface area contributed by atoms with Crippen LogP contribution in [0.1, 0.15) is 81.0 Å². The van der Waals surface area contributed by atoms with Crippen molar-refractivity contribution in [2.45, 2.75) is 82.9 Å². The normalized spacial score (nSPS) is 20.5. The second-order valence-electron chi connectivity index (χ2n) is 10.5. The topological polar surface area (TPSA) is 83.9 Å². The molecular formula is C29H40FN3O4. The number of ether oxygens (including phenoxy) is 2. The molecule has 4 rings (SSSR count). The number of benzene rings is 1. The molecule has 1 saturated heterocycles. The SMILES string of the molecule is COc1c(F)cc(C(C)C)cc1[C@H](C(=O)O)N1CC[C@@H](OCCCCC[C@H]2CCc3cccnc3N2)C1. The maximum atomic E-state index is 14.7. The first-order chi connectivity index (χ1) is 17.9. The number of aryl methyl sites for hydroxylation is 1. The minimum Gasteiger partial charge on any atom is -0.493 e. The molecule has 0 unspecified atom stereocenters. The summed E-state index contributed by atoms with van der Waals surface area (Å²) in [5.74, 6) is -0.416. The predicted octanol–water partition coefficient (Wildman–Crippen LogP) is 5.56. The number of nitrogens with zero attached hydrogens (tertiary/aromatic N) is 2. The van der Waals surface area contributed by atoms with Gasteiger partial charge in [-0.15, -0.1) is 0 Å². The van der Waals surface area contributed by atoms with Crippen molar-refractivity contribution in [3.63, 3.8) is 0 Å². The van der Waals surface area contributed by atoms with Crippen molar-refractivity contribution in [1.29, 1.82) is 0 Å². The van der Waals surface area contributed by atoms with Gasteiger partial charge in [-0.3, -0.25) is 9.69 Å². The molecule has 0 amide bonds. The summed E-state index contributed by atoms with van der Waals surface area (Å²) in [6, 6.07) is 6.85. The lowest BCUT2D eigenvalue weighted by Crippen LogP contribution is -2.34. The Morgan fingerprint density at radius 1 is 1.27 bits per heavy atom. The molecular weight excluding hydrogens is 473 g/mol. The Morgan fingerprint density at radius 2 is 2.11 bits per heavy atom. The van der Waals surface area contributed by atoms with Gasteiger partial charge in [-0.1, -0.05) is 32.8 Å². The molecule has 37 heavy (non-hydrogen) atoms. The number of likely N-dealkylation sites (tertiary alicyclic amines) is 1. The quantitative estimate of drug-likeness (QED) is 0.360. The summed E-state index contributed by atoms with van der Waals surface area (Å²) in [6.45, 7) is 5.68. The Labute approximate surface area is 219 Å². The molecule has 3 heterocycles. The summed E-state index contributed by atoms with van der Waals surface area (Å²) in [5, 5.41) is 13.6. The number of hydrogen-bond donors (Lipinski definition) is 2. The van der Waals surface area contributed by atoms with E-state index in [4.69, 9.17) is 9.47 Å². The van der Waals surface area contributed by atoms with Gasteiger partial charge in [-0.05, 0) is 67.3 Å². The fraction of sp³-hybridized carbons (Fsp3) is 0.586. The molecule has 0 bridgehead atoms. The molecule has 2 aliphatic rings. The van der Waals surface area contributed by atoms with Crippen LogP contribution in [-0.4, -0.2) is 59.9 Å². The molecule has 3 atom stereocenters. The van der Waals surface area contributed by atoms with Crippen LogP contribution in [0, 0.1) is 5.82 Å². The summed E-state index contributed by atoms with van der Waals surface area (Å²) in [4.78, 5) is 18.6. The van der Waals surface area contributed by atoms with Gasteiger partial charge in [0.15, 0.2) is 11.6 Å². The van der Waals surface area contributed by atoms with E-state index < -0.39 is 17.8 Å². The number of anilines is 1. The van der Waals surface area contributed by atoms with Gasteiger partial charge < -0.3 is 19.9 Å². The second-order valence-corrected chi connectivity index (χ2v) is 10.5. The Hall–Kier alpha value is -2.71. The van der Waals surface area contributed by atoms with E-state index >= 15 is 0 Å². The van der Waals surface area contributed by atoms with Crippen LogP contribution in [0.3, 0.4) is 0 Å². The van der Waals surface area contributed by atoms with Crippen molar-refractivity contribution in [2.24, 2.45) is 0 Å². The maximum absolute atomic E-state index is 14.7. The number of carboxylic acid groups (broad SMARTS) is 1. The van der Waals surface area contributed by atoms with E-state index in [0.717, 1.165) is 56.3 Å². The van der Waals surface area contributed by atoms with E-state index in [1.807, 2.05) is 31.0 Å². The average molecular weight is 514 g/mol. The lowest BCUT2D eigenvalue weighted by molar-refractivity contribution is -0.143. The van der Waals surface area contributed by atoms with Gasteiger partial charge in [0.1, 0.15) is 11.9 Å². The van der Waals surface area contributed by atoms with Gasteiger partial charge >= 0.3 is 5.97 Å². The molecule has 0 saturated carbocycles. The third-order valence-electron chi connectivity index (χ3n) is 7.58. The molecule has 8 heteroatoms. The molecule has 202 valence electrons. The highest BCUT2D eigenvalue weighted by molar-refractivity contribution is 5.77. The third-order valence-corrected chi connectivity index (χ3v) is 7.58. The van der Waals surface area contributed by atoms with E-state index in [-0.39, 0.29) is 17.8 Å². The van der Waals surface area contributed by atoms with Crippen molar-refractivity contribution < 1.29 is 23.8 Å². The molecule has 2 aromatic rings. The number of carboxylic acids is 1. The number of aliphatic carboxylic acids is 1. The lowest BCUT2D eigenvalue weighted by Gasteiger charge is -2.27. The van der Waals surface area contributed by atoms with E-state index in [9.17, 15) is 14.3 Å². The first-order valence-corrected chi connectivity index (χ1v) is 13.5. The number of halogens is 1. The van der Waals surface area contributed by atoms with Gasteiger partial charge in [-0.2, -0.15) is 0 Å². The number of hydrogen-bond acceptors (Lipinski definition) is 6. The fourth-order valence-electron chi connectivity index (χ4n) is 5.50. The van der Waals surface area contributed by atoms with Crippen LogP contribution in [0.4, 0.5) is 10.2 Å². The van der Waals surface area contributed by atoms with Crippen LogP contribution >= 0.6 is 0 Å². The fourth-order valence-corrected chi connectivity index (χ4v) is 5.50. The Balaban J connectivity index is 1.23. The number of aromatic nitrogens is 1. The minimum absolute atomic E-state index is 0.00731. The van der Waals surface area contributed by atoms with E-state index in [1.54, 1.807) is 6.07 Å². The average Bonchev–Trinajstić information content (AvgIpc) is 3.33. The summed E-state index contributed by atoms with van der Waals surface area (Å²) in [5.41, 5.74) is 2.43. The number of fused-ring (bicyclic) bond motifs is 1. The smallest absolute Gasteiger partial charge is 0.325 e. The molecule has 1 aromatic carbocycles. The maximum Gasteiger partial charge on any atom is 0.325 e. The van der Waals surface area contributed by atoms with E-state index in [0.29, 0.717) is 31.3 Å². The summed E-state index contributed by atoms with van der Waals surface area (Å²) in [6.07, 6.45) is 9.15. The molecule has 0 spiro atoms. The predicted molar refractivity (Wildman–Crippen MR) is 142 cm³/mol. The minimum atomic E-state index is -1.01. The molecule has 1 aromatic heterocycles. The highest BCUT2D eigenvalue weighted by atomic mass is 19.1. The van der Waals surface area contributed by atoms with Gasteiger partial charge in [0.05, 0.1) is 13.2 Å². The number of pyridine rings is 1. The van der Waals surface area contributed by atoms with Gasteiger partial charge in [-0.25, -0.2) is 9.37 Å². The number of nitrogens with one attached hydrogen (secondary N) is 1. The first-order valence-electron chi connectivity index (χ1n) is 13.5. The summed E-state index contributed by atoms with van der Waals surface area (Å²) < 4.78 is 26.1. The van der Waals surface area contributed by atoms with Crippen LogP contribution in [0.5, 0.6) is 5.75 Å². The Kier molecular flexibility index (Phi) is 9.38. The van der Waals surface area contributed by atoms with Gasteiger partial charge in [0.25, 0.3) is 0 Å². The van der Waals surface area contributed by atoms with E-state index in [2.05, 4.69) is 16.4 Å². The monoisotopic (exact) mass is 513 g/mol. The molecule has 2 aliphatic heterocycles. The zero-order valence-corrected chi connectivity index (χ0v) is 22.2. The van der Waals surface area contributed by atoms with Crippen molar-refractivity contribution >= 4 is 11.8 Å². The zero-order valence-electron chi connectivity index (χ0n) is 22.2. The Morgan fingerprint density at radius 3 is 2.86 bits per heavy atom. The summed E-state index contributed by atoms with van der Waals surface area (Å²) in [7, 11) is 1.38. The Bertz CT molecular complexity index is 1060. The van der Waals surface area contributed by atoms with Gasteiger partial charge in [0, 0.05) is 37.5 Å². The van der Waals surface area contributed by atoms with Crippen molar-refractivity contribution in [3.05, 3.63) is 53.0 Å². The first kappa shape index (κ1) is 27.3. The van der Waals surface area contributed by atoms with Crippen LogP contribution in [0.15, 0.2) is 30.5 Å². The van der Waals surface area contributed by atoms with Crippen LogP contribution in [0.25, 0.3) is 0 Å². The summed E-state index contributed by atoms with van der Waals surface area (Å²) >= 11 is 0. The molecule has 0 radical (unpaired) electrons. The highest BCUT2D eigenvalue weighted by Crippen LogP contribution is 2.37. The van der Waals surface area contributed by atoms with Gasteiger partial charge in [0.2, 0.25) is 0 Å². The van der Waals surface area contributed by atoms with Crippen molar-refractivity contribution in [2.75, 3.05) is 32.1 Å². The zero-order chi connectivity index (χ0) is 26.4. The molecule has 2 N–H and O–H groups in total. The van der Waals surface area contributed by atoms with Crippen LogP contribution < -0.4 is 10.1 Å². The molecule has 1 fully saturated rings. The van der Waals surface area contributed by atoms with Crippen LogP contribution in [-0.2, 0) is 16.0 Å². The number of rotatable bonds is 12. The standard InChI is InChI=1S/C29H40FN3O4/c1-19(2)21-16-24(27(36-3)25(30)17-21)26(29(34)35)33-14-12-23(18-33)37-15-6-4-5-9-22-11-10-20-8-7-13-31-28(20)32-22/h7-8,13,16-17,19,22-23,26H,4-6,9-12,14-15,18H2,1-3H3,(H,31,32)(H,34,35)/t22-,23+,26+/m0/s1. The number of unbranched alkanes of at least 4 members (excludes halogenated alkanes) is 2. The van der Waals surface area contributed by atoms with E-state index in [1.165, 1.54) is 18.7 Å². The highest BCUT2D eigenvalue weighted by Gasteiger charge is 2.36. The molecule has 7 nitrogen and oxygen atoms in total. The lowest BCUT2D eigenvalue weighted by atomic mass is 9.95.